The van der Waals surface area contributed by atoms with Crippen molar-refractivity contribution in [1.82, 2.24) is 9.62 Å². The molecule has 1 aromatic carbocycles. The number of sulfonamides is 1. The van der Waals surface area contributed by atoms with Crippen LogP contribution in [0.1, 0.15) is 32.1 Å². The summed E-state index contributed by atoms with van der Waals surface area (Å²) in [4.78, 5) is 22.6. The molecule has 2 aliphatic rings. The summed E-state index contributed by atoms with van der Waals surface area (Å²) in [5.74, 6) is -0.549. The molecule has 0 aromatic heterocycles. The molecular weight excluding hydrogens is 426 g/mol. The highest BCUT2D eigenvalue weighted by Crippen LogP contribution is 2.31. The Morgan fingerprint density at radius 1 is 1.26 bits per heavy atom. The predicted molar refractivity (Wildman–Crippen MR) is 112 cm³/mol. The molecule has 170 valence electrons. The van der Waals surface area contributed by atoms with Gasteiger partial charge in [0.15, 0.2) is 12.4 Å². The van der Waals surface area contributed by atoms with E-state index in [0.29, 0.717) is 6.54 Å². The quantitative estimate of drug-likeness (QED) is 0.344. The fraction of sp³-hybridized carbons (Fsp3) is 0.550. The Labute approximate surface area is 181 Å². The average molecular weight is 454 g/mol. The Morgan fingerprint density at radius 2 is 2.03 bits per heavy atom. The molecule has 1 fully saturated rings. The maximum Gasteiger partial charge on any atom is 0.312 e. The van der Waals surface area contributed by atoms with Gasteiger partial charge in [0.1, 0.15) is 0 Å². The van der Waals surface area contributed by atoms with E-state index in [4.69, 9.17) is 9.47 Å². The minimum Gasteiger partial charge on any atom is -0.477 e. The van der Waals surface area contributed by atoms with Crippen molar-refractivity contribution in [2.45, 2.75) is 37.0 Å². The Morgan fingerprint density at radius 3 is 2.71 bits per heavy atom. The van der Waals surface area contributed by atoms with Crippen molar-refractivity contribution in [3.8, 4) is 5.75 Å². The number of nitro benzene ring substituents is 1. The van der Waals surface area contributed by atoms with Gasteiger partial charge in [0, 0.05) is 25.7 Å². The van der Waals surface area contributed by atoms with Gasteiger partial charge in [-0.2, -0.15) is 4.31 Å². The zero-order valence-electron chi connectivity index (χ0n) is 17.2. The molecule has 0 saturated carbocycles. The van der Waals surface area contributed by atoms with Crippen molar-refractivity contribution >= 4 is 21.6 Å². The molecule has 10 nitrogen and oxygen atoms in total. The molecule has 31 heavy (non-hydrogen) atoms. The average Bonchev–Trinajstić information content (AvgIpc) is 2.78. The van der Waals surface area contributed by atoms with Crippen molar-refractivity contribution in [1.29, 1.82) is 0 Å². The minimum atomic E-state index is -3.88. The number of hydrogen-bond donors (Lipinski definition) is 1. The van der Waals surface area contributed by atoms with Gasteiger partial charge >= 0.3 is 5.69 Å². The first-order valence-electron chi connectivity index (χ1n) is 10.3. The zero-order valence-corrected chi connectivity index (χ0v) is 18.1. The van der Waals surface area contributed by atoms with Crippen molar-refractivity contribution < 1.29 is 27.6 Å². The highest BCUT2D eigenvalue weighted by atomic mass is 32.2. The molecule has 1 aliphatic heterocycles. The van der Waals surface area contributed by atoms with Crippen LogP contribution in [0.3, 0.4) is 0 Å². The molecule has 11 heteroatoms. The van der Waals surface area contributed by atoms with Crippen LogP contribution in [0.5, 0.6) is 5.75 Å². The highest BCUT2D eigenvalue weighted by Gasteiger charge is 2.29. The lowest BCUT2D eigenvalue weighted by Crippen LogP contribution is -2.40. The lowest BCUT2D eigenvalue weighted by atomic mass is 9.97. The first kappa shape index (κ1) is 23.2. The SMILES string of the molecule is O=C(COc1ccc(S(=O)(=O)N2CCOCC2)cc1[N+](=O)[O-])NCCC1=CCCCC1. The van der Waals surface area contributed by atoms with Crippen LogP contribution in [0.2, 0.25) is 0 Å². The standard InChI is InChI=1S/C20H27N3O7S/c24-20(21-9-8-16-4-2-1-3-5-16)15-30-19-7-6-17(14-18(19)23(25)26)31(27,28)22-10-12-29-13-11-22/h4,6-7,14H,1-3,5,8-13,15H2,(H,21,24). The summed E-state index contributed by atoms with van der Waals surface area (Å²) >= 11 is 0. The zero-order chi connectivity index (χ0) is 22.3. The van der Waals surface area contributed by atoms with E-state index in [1.54, 1.807) is 0 Å². The van der Waals surface area contributed by atoms with Crippen LogP contribution < -0.4 is 10.1 Å². The Bertz CT molecular complexity index is 940. The number of amides is 1. The predicted octanol–water partition coefficient (Wildman–Crippen LogP) is 2.00. The molecule has 0 unspecified atom stereocenters. The molecule has 1 aromatic rings. The lowest BCUT2D eigenvalue weighted by Gasteiger charge is -2.26. The minimum absolute atomic E-state index is 0.156. The van der Waals surface area contributed by atoms with Crippen LogP contribution in [0.25, 0.3) is 0 Å². The van der Waals surface area contributed by atoms with Gasteiger partial charge in [-0.3, -0.25) is 14.9 Å². The number of nitrogens with one attached hydrogen (secondary N) is 1. The molecule has 3 rings (SSSR count). The second-order valence-electron chi connectivity index (χ2n) is 7.40. The fourth-order valence-electron chi connectivity index (χ4n) is 3.55. The first-order chi connectivity index (χ1) is 14.9. The number of hydrogen-bond acceptors (Lipinski definition) is 7. The van der Waals surface area contributed by atoms with Crippen molar-refractivity contribution in [3.05, 3.63) is 40.0 Å². The maximum absolute atomic E-state index is 12.7. The summed E-state index contributed by atoms with van der Waals surface area (Å²) in [6, 6.07) is 3.43. The molecule has 1 amide bonds. The van der Waals surface area contributed by atoms with Crippen LogP contribution in [-0.2, 0) is 19.6 Å². The summed E-state index contributed by atoms with van der Waals surface area (Å²) in [5.41, 5.74) is 0.828. The van der Waals surface area contributed by atoms with Crippen molar-refractivity contribution in [3.63, 3.8) is 0 Å². The van der Waals surface area contributed by atoms with Gasteiger partial charge in [-0.15, -0.1) is 0 Å². The Kier molecular flexibility index (Phi) is 7.99. The Hall–Kier alpha value is -2.50. The molecule has 1 heterocycles. The van der Waals surface area contributed by atoms with E-state index in [1.807, 2.05) is 0 Å². The van der Waals surface area contributed by atoms with E-state index >= 15 is 0 Å². The van der Waals surface area contributed by atoms with E-state index in [1.165, 1.54) is 34.9 Å². The summed E-state index contributed by atoms with van der Waals surface area (Å²) < 4.78 is 37.2. The number of allylic oxidation sites excluding steroid dienone is 1. The number of rotatable bonds is 9. The lowest BCUT2D eigenvalue weighted by molar-refractivity contribution is -0.386. The molecule has 0 atom stereocenters. The van der Waals surface area contributed by atoms with Gasteiger partial charge in [0.05, 0.1) is 23.0 Å². The largest absolute Gasteiger partial charge is 0.477 e. The maximum atomic E-state index is 12.7. The summed E-state index contributed by atoms with van der Waals surface area (Å²) in [6.07, 6.45) is 7.49. The monoisotopic (exact) mass is 453 g/mol. The van der Waals surface area contributed by atoms with E-state index in [0.717, 1.165) is 25.3 Å². The second kappa shape index (κ2) is 10.7. The van der Waals surface area contributed by atoms with Crippen LogP contribution in [0.15, 0.2) is 34.7 Å². The number of carbonyl (C=O) groups is 1. The fourth-order valence-corrected chi connectivity index (χ4v) is 4.98. The van der Waals surface area contributed by atoms with Crippen LogP contribution in [0.4, 0.5) is 5.69 Å². The topological polar surface area (TPSA) is 128 Å². The van der Waals surface area contributed by atoms with Gasteiger partial charge in [-0.05, 0) is 44.2 Å². The Balaban J connectivity index is 1.60. The first-order valence-corrected chi connectivity index (χ1v) is 11.8. The third-order valence-corrected chi connectivity index (χ3v) is 7.14. The molecule has 1 aliphatic carbocycles. The molecule has 0 radical (unpaired) electrons. The normalized spacial score (nSPS) is 17.6. The van der Waals surface area contributed by atoms with Gasteiger partial charge < -0.3 is 14.8 Å². The summed E-state index contributed by atoms with van der Waals surface area (Å²) in [7, 11) is -3.88. The molecule has 0 bridgehead atoms. The summed E-state index contributed by atoms with van der Waals surface area (Å²) in [6.45, 7) is 1.00. The number of carbonyl (C=O) groups excluding carboxylic acids is 1. The number of ether oxygens (including phenoxy) is 2. The van der Waals surface area contributed by atoms with Gasteiger partial charge in [0.2, 0.25) is 10.0 Å². The molecule has 1 saturated heterocycles. The number of nitrogens with zero attached hydrogens (tertiary/aromatic N) is 2. The van der Waals surface area contributed by atoms with E-state index in [-0.39, 0.29) is 36.9 Å². The van der Waals surface area contributed by atoms with E-state index in [9.17, 15) is 23.3 Å². The number of morpholine rings is 1. The number of benzene rings is 1. The highest BCUT2D eigenvalue weighted by molar-refractivity contribution is 7.89. The van der Waals surface area contributed by atoms with Crippen molar-refractivity contribution in [2.24, 2.45) is 0 Å². The van der Waals surface area contributed by atoms with Gasteiger partial charge in [-0.1, -0.05) is 11.6 Å². The van der Waals surface area contributed by atoms with Gasteiger partial charge in [-0.25, -0.2) is 8.42 Å². The second-order valence-corrected chi connectivity index (χ2v) is 9.34. The van der Waals surface area contributed by atoms with E-state index < -0.39 is 33.1 Å². The smallest absolute Gasteiger partial charge is 0.312 e. The summed E-state index contributed by atoms with van der Waals surface area (Å²) in [5, 5.41) is 14.2. The molecule has 0 spiro atoms. The third kappa shape index (κ3) is 6.25. The van der Waals surface area contributed by atoms with E-state index in [2.05, 4.69) is 11.4 Å². The van der Waals surface area contributed by atoms with Gasteiger partial charge in [0.25, 0.3) is 5.91 Å². The van der Waals surface area contributed by atoms with Crippen LogP contribution in [0, 0.1) is 10.1 Å². The third-order valence-electron chi connectivity index (χ3n) is 5.25. The molecule has 1 N–H and O–H groups in total. The van der Waals surface area contributed by atoms with Crippen LogP contribution in [-0.4, -0.2) is 63.0 Å². The van der Waals surface area contributed by atoms with Crippen molar-refractivity contribution in [2.75, 3.05) is 39.5 Å². The molecular formula is C20H27N3O7S. The number of nitro groups is 1. The van der Waals surface area contributed by atoms with Crippen LogP contribution >= 0.6 is 0 Å².